The Kier molecular flexibility index (Phi) is 14.5. The molecule has 4 aliphatic heterocycles. The van der Waals surface area contributed by atoms with Gasteiger partial charge in [-0.15, -0.1) is 0 Å². The summed E-state index contributed by atoms with van der Waals surface area (Å²) in [5.41, 5.74) is 22.6. The second kappa shape index (κ2) is 16.9. The second-order valence-electron chi connectivity index (χ2n) is 11.6. The van der Waals surface area contributed by atoms with E-state index in [0.717, 1.165) is 0 Å². The van der Waals surface area contributed by atoms with Gasteiger partial charge in [0.2, 0.25) is 0 Å². The first-order valence-electron chi connectivity index (χ1n) is 14.6. The van der Waals surface area contributed by atoms with Gasteiger partial charge >= 0.3 is 0 Å². The summed E-state index contributed by atoms with van der Waals surface area (Å²) in [5, 5.41) is 125. The van der Waals surface area contributed by atoms with Gasteiger partial charge in [0.05, 0.1) is 44.6 Å². The van der Waals surface area contributed by atoms with Crippen molar-refractivity contribution in [1.82, 2.24) is 0 Å². The zero-order valence-corrected chi connectivity index (χ0v) is 24.9. The van der Waals surface area contributed by atoms with E-state index in [-0.39, 0.29) is 0 Å². The van der Waals surface area contributed by atoms with Crippen molar-refractivity contribution >= 4 is 0 Å². The Morgan fingerprint density at radius 3 is 1.40 bits per heavy atom. The summed E-state index contributed by atoms with van der Waals surface area (Å²) >= 11 is 0. The van der Waals surface area contributed by atoms with Crippen LogP contribution < -0.4 is 22.9 Å². The first kappa shape index (κ1) is 40.5. The summed E-state index contributed by atoms with van der Waals surface area (Å²) in [6.45, 7) is -2.62. The van der Waals surface area contributed by atoms with Crippen LogP contribution in [-0.2, 0) is 28.4 Å². The van der Waals surface area contributed by atoms with Gasteiger partial charge in [0.1, 0.15) is 73.2 Å². The highest BCUT2D eigenvalue weighted by Gasteiger charge is 2.53. The van der Waals surface area contributed by atoms with E-state index in [1.807, 2.05) is 0 Å². The zero-order valence-electron chi connectivity index (χ0n) is 24.9. The molecule has 0 radical (unpaired) electrons. The summed E-state index contributed by atoms with van der Waals surface area (Å²) < 4.78 is 32.0. The van der Waals surface area contributed by atoms with E-state index in [9.17, 15) is 46.0 Å². The fourth-order valence-corrected chi connectivity index (χ4v) is 5.36. The van der Waals surface area contributed by atoms with E-state index in [1.165, 1.54) is 0 Å². The summed E-state index contributed by atoms with van der Waals surface area (Å²) in [6, 6.07) is -3.87. The number of hydrogen-bond donors (Lipinski definition) is 17. The van der Waals surface area contributed by atoms with Crippen molar-refractivity contribution in [1.29, 1.82) is 0 Å². The molecule has 4 aliphatic rings. The third-order valence-electron chi connectivity index (χ3n) is 8.33. The van der Waals surface area contributed by atoms with Gasteiger partial charge in [-0.3, -0.25) is 5.73 Å². The first-order chi connectivity index (χ1) is 21.9. The van der Waals surface area contributed by atoms with Gasteiger partial charge < -0.3 is 112 Å². The molecule has 0 aliphatic carbocycles. The van der Waals surface area contributed by atoms with Crippen LogP contribution in [0.5, 0.6) is 0 Å². The molecule has 0 bridgehead atoms. The molecule has 0 amide bonds. The van der Waals surface area contributed by atoms with Crippen LogP contribution in [-0.4, -0.2) is 215 Å². The molecule has 4 saturated heterocycles. The average molecular weight is 697 g/mol. The first-order valence-corrected chi connectivity index (χ1v) is 14.6. The van der Waals surface area contributed by atoms with Crippen molar-refractivity contribution in [3.05, 3.63) is 0 Å². The third kappa shape index (κ3) is 8.70. The Balaban J connectivity index is 0.000000386. The van der Waals surface area contributed by atoms with E-state index in [4.69, 9.17) is 67.0 Å². The average Bonchev–Trinajstić information content (AvgIpc) is 3.05. The van der Waals surface area contributed by atoms with Gasteiger partial charge in [0, 0.05) is 0 Å². The van der Waals surface area contributed by atoms with Crippen LogP contribution in [0.25, 0.3) is 0 Å². The van der Waals surface area contributed by atoms with Crippen molar-refractivity contribution < 1.29 is 94.8 Å². The molecule has 23 nitrogen and oxygen atoms in total. The predicted octanol–water partition coefficient (Wildman–Crippen LogP) is -11.6. The number of ether oxygens (including phenoxy) is 6. The van der Waals surface area contributed by atoms with Crippen LogP contribution in [0.2, 0.25) is 0 Å². The largest absolute Gasteiger partial charge is 0.394 e. The monoisotopic (exact) mass is 696 g/mol. The Morgan fingerprint density at radius 1 is 0.511 bits per heavy atom. The van der Waals surface area contributed by atoms with Crippen LogP contribution in [0.4, 0.5) is 0 Å². The van der Waals surface area contributed by atoms with E-state index in [0.29, 0.717) is 0 Å². The summed E-state index contributed by atoms with van der Waals surface area (Å²) in [6.07, 6.45) is -22.9. The molecule has 0 aromatic heterocycles. The summed E-state index contributed by atoms with van der Waals surface area (Å²) in [5.74, 6) is -2.45. The Morgan fingerprint density at radius 2 is 0.915 bits per heavy atom. The number of nitrogens with two attached hydrogens (primary N) is 4. The second-order valence-corrected chi connectivity index (χ2v) is 11.6. The molecular formula is C24H48N4O19. The number of aliphatic hydroxyl groups excluding tert-OH is 12. The molecule has 20 atom stereocenters. The molecule has 0 aromatic rings. The van der Waals surface area contributed by atoms with E-state index < -0.39 is 149 Å². The quantitative estimate of drug-likeness (QED) is 0.105. The van der Waals surface area contributed by atoms with Crippen molar-refractivity contribution in [2.75, 3.05) is 26.4 Å². The smallest absolute Gasteiger partial charge is 0.252 e. The molecule has 0 aromatic carbocycles. The van der Waals surface area contributed by atoms with E-state index >= 15 is 0 Å². The van der Waals surface area contributed by atoms with Crippen molar-refractivity contribution in [2.45, 2.75) is 122 Å². The lowest BCUT2D eigenvalue weighted by Gasteiger charge is -2.48. The maximum absolute atomic E-state index is 10.8. The van der Waals surface area contributed by atoms with E-state index in [2.05, 4.69) is 4.74 Å². The van der Waals surface area contributed by atoms with Crippen LogP contribution in [0, 0.1) is 0 Å². The van der Waals surface area contributed by atoms with Gasteiger partial charge in [-0.25, -0.2) is 0 Å². The molecule has 0 spiro atoms. The number of rotatable bonds is 8. The van der Waals surface area contributed by atoms with Gasteiger partial charge in [-0.1, -0.05) is 0 Å². The van der Waals surface area contributed by atoms with Gasteiger partial charge in [0.25, 0.3) is 5.91 Å². The summed E-state index contributed by atoms with van der Waals surface area (Å²) in [4.78, 5) is 0. The molecule has 4 heterocycles. The molecular weight excluding hydrogens is 648 g/mol. The molecule has 278 valence electrons. The Hall–Kier alpha value is -0.920. The maximum atomic E-state index is 10.8. The fraction of sp³-hybridized carbons (Fsp3) is 1.00. The van der Waals surface area contributed by atoms with Gasteiger partial charge in [0.15, 0.2) is 25.0 Å². The Labute approximate surface area is 266 Å². The fourth-order valence-electron chi connectivity index (χ4n) is 5.36. The van der Waals surface area contributed by atoms with Crippen LogP contribution in [0.15, 0.2) is 0 Å². The SMILES string of the molecule is NC1(O)O[C@H](CO)[C@@H](O)[C@H](O)[C@H]1O.N[C@H]1[C@H](OC2[C@@H](CO)O[C@@H](OC3[C@@H](CO)O[C@@H](O)[C@H](N)[C@H]3O)[C@H](N)[C@H]2O)O[C@H](CO)[C@@H](O)[C@@H]1O. The molecule has 4 rings (SSSR count). The van der Waals surface area contributed by atoms with Crippen molar-refractivity contribution in [2.24, 2.45) is 22.9 Å². The number of aliphatic hydroxyl groups is 13. The van der Waals surface area contributed by atoms with E-state index in [1.54, 1.807) is 0 Å². The molecule has 47 heavy (non-hydrogen) atoms. The van der Waals surface area contributed by atoms with Crippen LogP contribution in [0.1, 0.15) is 0 Å². The number of hydrogen-bond acceptors (Lipinski definition) is 23. The van der Waals surface area contributed by atoms with Crippen LogP contribution >= 0.6 is 0 Å². The van der Waals surface area contributed by atoms with Crippen LogP contribution in [0.3, 0.4) is 0 Å². The standard InChI is InChI=1S/C18H35N3O13.C6H13NO6/c19-7-12(27)14(5(2-23)30-16(7)29)33-18-9(21)13(28)15(6(3-24)32-18)34-17-8(20)11(26)10(25)4(1-22)31-17;7-6(12)5(11)4(10)3(9)2(1-8)13-6/h4-18,22-29H,1-3,19-21H2;2-5,8-12H,1,7H2/t4-,5-,6-,7-,8-,9-,10-,11-,12-,13-,14?,15?,16-,17+,18+;2-,3-,4+,5-,6?/m11/s1. The third-order valence-corrected chi connectivity index (χ3v) is 8.33. The lowest BCUT2D eigenvalue weighted by Crippen LogP contribution is -2.69. The minimum atomic E-state index is -2.45. The zero-order chi connectivity index (χ0) is 35.5. The molecule has 3 unspecified atom stereocenters. The van der Waals surface area contributed by atoms with Gasteiger partial charge in [-0.2, -0.15) is 0 Å². The minimum Gasteiger partial charge on any atom is -0.394 e. The molecule has 23 heteroatoms. The minimum absolute atomic E-state index is 0.621. The normalized spacial score (nSPS) is 52.4. The molecule has 21 N–H and O–H groups in total. The lowest BCUT2D eigenvalue weighted by atomic mass is 9.94. The Bertz CT molecular complexity index is 954. The highest BCUT2D eigenvalue weighted by Crippen LogP contribution is 2.31. The topological polar surface area (TPSA) is 422 Å². The summed E-state index contributed by atoms with van der Waals surface area (Å²) in [7, 11) is 0. The lowest BCUT2D eigenvalue weighted by molar-refractivity contribution is -0.348. The molecule has 0 saturated carbocycles. The van der Waals surface area contributed by atoms with Crippen molar-refractivity contribution in [3.63, 3.8) is 0 Å². The molecule has 4 fully saturated rings. The highest BCUT2D eigenvalue weighted by atomic mass is 16.7. The maximum Gasteiger partial charge on any atom is 0.252 e. The highest BCUT2D eigenvalue weighted by molar-refractivity contribution is 4.98. The van der Waals surface area contributed by atoms with Crippen molar-refractivity contribution in [3.8, 4) is 0 Å². The van der Waals surface area contributed by atoms with Gasteiger partial charge in [-0.05, 0) is 0 Å². The predicted molar refractivity (Wildman–Crippen MR) is 146 cm³/mol.